The second-order valence-corrected chi connectivity index (χ2v) is 10.3. The number of aliphatic hydroxyl groups is 1. The molecule has 182 valence electrons. The average molecular weight is 458 g/mol. The summed E-state index contributed by atoms with van der Waals surface area (Å²) in [7, 11) is 0. The minimum absolute atomic E-state index is 0.0155. The van der Waals surface area contributed by atoms with Gasteiger partial charge in [-0.3, -0.25) is 14.5 Å². The maximum atomic E-state index is 13.6. The molecule has 2 saturated heterocycles. The predicted molar refractivity (Wildman–Crippen MR) is 127 cm³/mol. The van der Waals surface area contributed by atoms with Gasteiger partial charge in [0.25, 0.3) is 0 Å². The zero-order valence-corrected chi connectivity index (χ0v) is 19.9. The number of unbranched alkanes of at least 4 members (excludes halogenated alkanes) is 1. The highest BCUT2D eigenvalue weighted by molar-refractivity contribution is 6.00. The van der Waals surface area contributed by atoms with Crippen LogP contribution in [0.3, 0.4) is 0 Å². The van der Waals surface area contributed by atoms with Crippen LogP contribution in [-0.2, 0) is 16.1 Å². The van der Waals surface area contributed by atoms with Crippen LogP contribution in [0.15, 0.2) is 18.3 Å². The molecule has 1 aliphatic carbocycles. The summed E-state index contributed by atoms with van der Waals surface area (Å²) in [6, 6.07) is 3.17. The van der Waals surface area contributed by atoms with Gasteiger partial charge in [0, 0.05) is 38.8 Å². The van der Waals surface area contributed by atoms with Crippen LogP contribution in [0.5, 0.6) is 0 Å². The number of hydrogen-bond acceptors (Lipinski definition) is 6. The van der Waals surface area contributed by atoms with E-state index in [0.717, 1.165) is 57.3 Å². The van der Waals surface area contributed by atoms with Gasteiger partial charge < -0.3 is 21.1 Å². The van der Waals surface area contributed by atoms with Crippen molar-refractivity contribution >= 4 is 17.6 Å². The number of piperidine rings is 1. The number of carbonyl (C=O) groups is 2. The number of nitrogens with one attached hydrogen (secondary N) is 1. The Bertz CT molecular complexity index is 829. The molecule has 4 rings (SSSR count). The zero-order valence-electron chi connectivity index (χ0n) is 19.9. The van der Waals surface area contributed by atoms with Gasteiger partial charge in [-0.2, -0.15) is 0 Å². The lowest BCUT2D eigenvalue weighted by Crippen LogP contribution is -2.73. The lowest BCUT2D eigenvalue weighted by atomic mass is 9.77. The fourth-order valence-electron chi connectivity index (χ4n) is 5.81. The monoisotopic (exact) mass is 457 g/mol. The molecule has 1 aromatic rings. The molecule has 0 unspecified atom stereocenters. The number of amides is 2. The van der Waals surface area contributed by atoms with E-state index >= 15 is 0 Å². The van der Waals surface area contributed by atoms with Gasteiger partial charge in [-0.05, 0) is 43.7 Å². The second kappa shape index (κ2) is 9.97. The Balaban J connectivity index is 1.46. The van der Waals surface area contributed by atoms with E-state index < -0.39 is 17.2 Å². The average Bonchev–Trinajstić information content (AvgIpc) is 2.81. The molecule has 8 heteroatoms. The molecule has 1 saturated carbocycles. The lowest BCUT2D eigenvalue weighted by molar-refractivity contribution is -0.163. The quantitative estimate of drug-likeness (QED) is 0.579. The third-order valence-corrected chi connectivity index (χ3v) is 7.85. The van der Waals surface area contributed by atoms with Crippen LogP contribution in [0.2, 0.25) is 0 Å². The third-order valence-electron chi connectivity index (χ3n) is 7.85. The highest BCUT2D eigenvalue weighted by Crippen LogP contribution is 2.37. The normalized spacial score (nSPS) is 25.3. The number of nitrogens with zero attached hydrogens (tertiary/aromatic N) is 3. The fourth-order valence-corrected chi connectivity index (χ4v) is 5.81. The van der Waals surface area contributed by atoms with Gasteiger partial charge in [0.05, 0.1) is 5.60 Å². The number of carbonyl (C=O) groups excluding carboxylic acids is 2. The van der Waals surface area contributed by atoms with E-state index in [0.29, 0.717) is 44.5 Å². The summed E-state index contributed by atoms with van der Waals surface area (Å²) in [5.74, 6) is 0.447. The van der Waals surface area contributed by atoms with E-state index in [2.05, 4.69) is 22.1 Å². The predicted octanol–water partition coefficient (Wildman–Crippen LogP) is 2.21. The molecule has 3 aliphatic rings. The lowest BCUT2D eigenvalue weighted by Gasteiger charge is -2.52. The van der Waals surface area contributed by atoms with Crippen molar-refractivity contribution in [2.24, 2.45) is 0 Å². The minimum atomic E-state index is -0.844. The number of rotatable bonds is 7. The molecular weight excluding hydrogens is 418 g/mol. The summed E-state index contributed by atoms with van der Waals surface area (Å²) in [6.07, 6.45) is 9.71. The number of nitrogen functional groups attached to an aromatic ring is 1. The van der Waals surface area contributed by atoms with Crippen molar-refractivity contribution in [3.8, 4) is 0 Å². The van der Waals surface area contributed by atoms with E-state index in [4.69, 9.17) is 5.73 Å². The number of piperazine rings is 1. The van der Waals surface area contributed by atoms with Gasteiger partial charge in [-0.15, -0.1) is 0 Å². The van der Waals surface area contributed by atoms with Crippen molar-refractivity contribution in [3.63, 3.8) is 0 Å². The highest BCUT2D eigenvalue weighted by atomic mass is 16.3. The van der Waals surface area contributed by atoms with Crippen LogP contribution in [0.25, 0.3) is 0 Å². The molecule has 8 nitrogen and oxygen atoms in total. The Labute approximate surface area is 196 Å². The summed E-state index contributed by atoms with van der Waals surface area (Å²) >= 11 is 0. The highest BCUT2D eigenvalue weighted by Gasteiger charge is 2.54. The van der Waals surface area contributed by atoms with Crippen molar-refractivity contribution in [2.75, 3.05) is 25.4 Å². The molecule has 33 heavy (non-hydrogen) atoms. The van der Waals surface area contributed by atoms with E-state index in [-0.39, 0.29) is 11.8 Å². The third kappa shape index (κ3) is 5.17. The van der Waals surface area contributed by atoms with Crippen molar-refractivity contribution in [3.05, 3.63) is 23.9 Å². The summed E-state index contributed by atoms with van der Waals surface area (Å²) in [5.41, 5.74) is 5.16. The Hall–Kier alpha value is -2.19. The number of likely N-dealkylation sites (tertiary alicyclic amines) is 1. The Morgan fingerprint density at radius 3 is 2.52 bits per heavy atom. The number of hydrogen-bond donors (Lipinski definition) is 3. The molecule has 1 aromatic heterocycles. The summed E-state index contributed by atoms with van der Waals surface area (Å²) in [5, 5.41) is 14.1. The molecule has 0 radical (unpaired) electrons. The van der Waals surface area contributed by atoms with Crippen LogP contribution in [0, 0.1) is 0 Å². The first-order valence-corrected chi connectivity index (χ1v) is 12.6. The summed E-state index contributed by atoms with van der Waals surface area (Å²) < 4.78 is 0. The van der Waals surface area contributed by atoms with Gasteiger partial charge >= 0.3 is 0 Å². The maximum Gasteiger partial charge on any atom is 0.246 e. The molecule has 1 spiro atoms. The van der Waals surface area contributed by atoms with Crippen molar-refractivity contribution in [2.45, 2.75) is 94.9 Å². The molecule has 1 atom stereocenters. The zero-order chi connectivity index (χ0) is 23.5. The van der Waals surface area contributed by atoms with Gasteiger partial charge in [0.2, 0.25) is 11.8 Å². The van der Waals surface area contributed by atoms with Crippen LogP contribution < -0.4 is 11.1 Å². The van der Waals surface area contributed by atoms with Crippen LogP contribution in [-0.4, -0.2) is 68.5 Å². The molecule has 3 heterocycles. The Morgan fingerprint density at radius 1 is 1.15 bits per heavy atom. The molecule has 3 fully saturated rings. The first-order chi connectivity index (χ1) is 15.8. The van der Waals surface area contributed by atoms with Crippen molar-refractivity contribution in [1.82, 2.24) is 20.1 Å². The van der Waals surface area contributed by atoms with E-state index in [1.54, 1.807) is 12.3 Å². The SMILES string of the molecule is CCCCN1C(=O)[C@@H](CC2(O)CCCCC2)NC(=O)C12CCN(Cc1ccc(N)nc1)CC2. The Kier molecular flexibility index (Phi) is 7.24. The van der Waals surface area contributed by atoms with Gasteiger partial charge in [0.1, 0.15) is 17.4 Å². The van der Waals surface area contributed by atoms with E-state index in [1.165, 1.54) is 0 Å². The van der Waals surface area contributed by atoms with Gasteiger partial charge in [0.15, 0.2) is 0 Å². The first kappa shape index (κ1) is 24.0. The number of nitrogens with two attached hydrogens (primary N) is 1. The largest absolute Gasteiger partial charge is 0.390 e. The van der Waals surface area contributed by atoms with Crippen molar-refractivity contribution < 1.29 is 14.7 Å². The molecule has 0 aromatic carbocycles. The smallest absolute Gasteiger partial charge is 0.246 e. The standard InChI is InChI=1S/C25H39N5O3/c1-2-3-13-30-22(31)20(16-24(33)9-5-4-6-10-24)28-23(32)25(30)11-14-29(15-12-25)18-19-7-8-21(26)27-17-19/h7-8,17,20,33H,2-6,9-16,18H2,1H3,(H2,26,27)(H,28,32)/t20-/m1/s1. The summed E-state index contributed by atoms with van der Waals surface area (Å²) in [4.78, 5) is 35.5. The molecule has 2 amide bonds. The van der Waals surface area contributed by atoms with E-state index in [1.807, 2.05) is 11.0 Å². The topological polar surface area (TPSA) is 112 Å². The Morgan fingerprint density at radius 2 is 1.88 bits per heavy atom. The van der Waals surface area contributed by atoms with E-state index in [9.17, 15) is 14.7 Å². The van der Waals surface area contributed by atoms with Crippen molar-refractivity contribution in [1.29, 1.82) is 0 Å². The van der Waals surface area contributed by atoms with Gasteiger partial charge in [-0.25, -0.2) is 4.98 Å². The first-order valence-electron chi connectivity index (χ1n) is 12.6. The van der Waals surface area contributed by atoms with Crippen LogP contribution in [0.1, 0.15) is 76.7 Å². The maximum absolute atomic E-state index is 13.6. The molecule has 2 aliphatic heterocycles. The molecule has 0 bridgehead atoms. The van der Waals surface area contributed by atoms with Crippen LogP contribution in [0.4, 0.5) is 5.82 Å². The number of anilines is 1. The second-order valence-electron chi connectivity index (χ2n) is 10.3. The van der Waals surface area contributed by atoms with Gasteiger partial charge in [-0.1, -0.05) is 38.7 Å². The molecular formula is C25H39N5O3. The van der Waals surface area contributed by atoms with Crippen LogP contribution >= 0.6 is 0 Å². The number of pyridine rings is 1. The summed E-state index contributed by atoms with van der Waals surface area (Å²) in [6.45, 7) is 4.93. The number of aromatic nitrogens is 1. The fraction of sp³-hybridized carbons (Fsp3) is 0.720. The molecule has 4 N–H and O–H groups in total. The minimum Gasteiger partial charge on any atom is -0.390 e.